The largest absolute Gasteiger partial charge is 0.489 e. The predicted octanol–water partition coefficient (Wildman–Crippen LogP) is 3.45. The highest BCUT2D eigenvalue weighted by atomic mass is 127. The van der Waals surface area contributed by atoms with Crippen molar-refractivity contribution in [1.29, 1.82) is 0 Å². The molecule has 0 fully saturated rings. The second kappa shape index (κ2) is 7.14. The second-order valence-corrected chi connectivity index (χ2v) is 5.09. The number of para-hydroxylation sites is 2. The number of ether oxygens (including phenoxy) is 2. The van der Waals surface area contributed by atoms with Crippen LogP contribution in [0.3, 0.4) is 0 Å². The fourth-order valence-corrected chi connectivity index (χ4v) is 2.18. The fraction of sp³-hybridized carbons (Fsp3) is 0.133. The average Bonchev–Trinajstić information content (AvgIpc) is 2.45. The van der Waals surface area contributed by atoms with Gasteiger partial charge in [0.2, 0.25) is 0 Å². The average molecular weight is 384 g/mol. The van der Waals surface area contributed by atoms with Crippen molar-refractivity contribution in [2.24, 2.45) is 0 Å². The van der Waals surface area contributed by atoms with Crippen LogP contribution in [-0.4, -0.2) is 24.3 Å². The van der Waals surface area contributed by atoms with Gasteiger partial charge in [0, 0.05) is 0 Å². The molecular weight excluding hydrogens is 371 g/mol. The number of carboxylic acid groups (broad SMARTS) is 1. The van der Waals surface area contributed by atoms with Gasteiger partial charge in [-0.25, -0.2) is 4.79 Å². The summed E-state index contributed by atoms with van der Waals surface area (Å²) >= 11 is 2.19. The van der Waals surface area contributed by atoms with E-state index >= 15 is 0 Å². The molecule has 0 unspecified atom stereocenters. The summed E-state index contributed by atoms with van der Waals surface area (Å²) in [4.78, 5) is 11.0. The Bertz CT molecular complexity index is 598. The van der Waals surface area contributed by atoms with Crippen LogP contribution >= 0.6 is 22.6 Å². The van der Waals surface area contributed by atoms with E-state index in [4.69, 9.17) is 14.6 Å². The SMILES string of the molecule is O=C(O)c1ccccc1OCCOc1ccccc1I. The zero-order valence-electron chi connectivity index (χ0n) is 10.6. The third kappa shape index (κ3) is 3.86. The number of halogens is 1. The van der Waals surface area contributed by atoms with E-state index in [9.17, 15) is 4.79 Å². The van der Waals surface area contributed by atoms with Crippen LogP contribution in [0.1, 0.15) is 10.4 Å². The lowest BCUT2D eigenvalue weighted by Crippen LogP contribution is -2.11. The number of hydrogen-bond donors (Lipinski definition) is 1. The Labute approximate surface area is 130 Å². The Morgan fingerprint density at radius 2 is 1.50 bits per heavy atom. The highest BCUT2D eigenvalue weighted by Crippen LogP contribution is 2.20. The molecule has 2 rings (SSSR count). The van der Waals surface area contributed by atoms with Gasteiger partial charge in [-0.3, -0.25) is 0 Å². The fourth-order valence-electron chi connectivity index (χ4n) is 1.63. The summed E-state index contributed by atoms with van der Waals surface area (Å²) in [5.74, 6) is 0.147. The number of aromatic carboxylic acids is 1. The highest BCUT2D eigenvalue weighted by molar-refractivity contribution is 14.1. The number of carboxylic acids is 1. The van der Waals surface area contributed by atoms with Crippen molar-refractivity contribution in [3.8, 4) is 11.5 Å². The molecule has 0 saturated carbocycles. The molecule has 20 heavy (non-hydrogen) atoms. The molecule has 0 aliphatic rings. The molecule has 4 nitrogen and oxygen atoms in total. The monoisotopic (exact) mass is 384 g/mol. The molecule has 0 radical (unpaired) electrons. The molecule has 0 spiro atoms. The third-order valence-electron chi connectivity index (χ3n) is 2.55. The highest BCUT2D eigenvalue weighted by Gasteiger charge is 2.09. The van der Waals surface area contributed by atoms with Crippen LogP contribution in [0, 0.1) is 3.57 Å². The zero-order valence-corrected chi connectivity index (χ0v) is 12.7. The predicted molar refractivity (Wildman–Crippen MR) is 83.6 cm³/mol. The Morgan fingerprint density at radius 3 is 2.15 bits per heavy atom. The summed E-state index contributed by atoms with van der Waals surface area (Å²) in [6, 6.07) is 14.2. The third-order valence-corrected chi connectivity index (χ3v) is 3.44. The summed E-state index contributed by atoms with van der Waals surface area (Å²) in [5.41, 5.74) is 0.154. The summed E-state index contributed by atoms with van der Waals surface area (Å²) in [6.45, 7) is 0.642. The van der Waals surface area contributed by atoms with Gasteiger partial charge >= 0.3 is 5.97 Å². The van der Waals surface area contributed by atoms with Gasteiger partial charge in [0.1, 0.15) is 30.3 Å². The first-order chi connectivity index (χ1) is 9.68. The molecule has 1 N–H and O–H groups in total. The van der Waals surface area contributed by atoms with Crippen molar-refractivity contribution in [3.63, 3.8) is 0 Å². The van der Waals surface area contributed by atoms with Crippen molar-refractivity contribution >= 4 is 28.6 Å². The molecule has 104 valence electrons. The second-order valence-electron chi connectivity index (χ2n) is 3.93. The van der Waals surface area contributed by atoms with Crippen LogP contribution in [0.5, 0.6) is 11.5 Å². The van der Waals surface area contributed by atoms with Gasteiger partial charge in [0.05, 0.1) is 3.57 Å². The molecule has 0 aliphatic heterocycles. The molecule has 5 heteroatoms. The van der Waals surface area contributed by atoms with E-state index < -0.39 is 5.97 Å². The van der Waals surface area contributed by atoms with Crippen LogP contribution in [0.15, 0.2) is 48.5 Å². The molecule has 0 aliphatic carbocycles. The minimum absolute atomic E-state index is 0.154. The minimum Gasteiger partial charge on any atom is -0.489 e. The van der Waals surface area contributed by atoms with E-state index in [0.29, 0.717) is 12.4 Å². The van der Waals surface area contributed by atoms with Crippen LogP contribution in [-0.2, 0) is 0 Å². The van der Waals surface area contributed by atoms with E-state index in [0.717, 1.165) is 9.32 Å². The first kappa shape index (κ1) is 14.6. The molecule has 0 aromatic heterocycles. The molecule has 0 heterocycles. The van der Waals surface area contributed by atoms with Crippen molar-refractivity contribution in [3.05, 3.63) is 57.7 Å². The van der Waals surface area contributed by atoms with Crippen LogP contribution in [0.25, 0.3) is 0 Å². The normalized spacial score (nSPS) is 10.1. The number of benzene rings is 2. The maximum absolute atomic E-state index is 11.0. The Hall–Kier alpha value is -1.76. The molecule has 0 amide bonds. The van der Waals surface area contributed by atoms with E-state index in [1.807, 2.05) is 24.3 Å². The molecule has 0 atom stereocenters. The molecule has 2 aromatic carbocycles. The van der Waals surface area contributed by atoms with Crippen molar-refractivity contribution in [1.82, 2.24) is 0 Å². The lowest BCUT2D eigenvalue weighted by Gasteiger charge is -2.11. The smallest absolute Gasteiger partial charge is 0.339 e. The minimum atomic E-state index is -1.00. The number of rotatable bonds is 6. The Morgan fingerprint density at radius 1 is 0.950 bits per heavy atom. The summed E-state index contributed by atoms with van der Waals surface area (Å²) in [7, 11) is 0. The number of hydrogen-bond acceptors (Lipinski definition) is 3. The van der Waals surface area contributed by atoms with Gasteiger partial charge in [-0.2, -0.15) is 0 Å². The van der Waals surface area contributed by atoms with Gasteiger partial charge in [-0.1, -0.05) is 24.3 Å². The first-order valence-corrected chi connectivity index (χ1v) is 7.09. The molecular formula is C15H13IO4. The topological polar surface area (TPSA) is 55.8 Å². The van der Waals surface area contributed by atoms with E-state index in [2.05, 4.69) is 22.6 Å². The summed E-state index contributed by atoms with van der Waals surface area (Å²) < 4.78 is 12.1. The van der Waals surface area contributed by atoms with Crippen molar-refractivity contribution in [2.75, 3.05) is 13.2 Å². The van der Waals surface area contributed by atoms with Crippen molar-refractivity contribution < 1.29 is 19.4 Å². The lowest BCUT2D eigenvalue weighted by atomic mass is 10.2. The quantitative estimate of drug-likeness (QED) is 0.613. The van der Waals surface area contributed by atoms with Gasteiger partial charge in [-0.05, 0) is 46.9 Å². The van der Waals surface area contributed by atoms with E-state index in [1.54, 1.807) is 18.2 Å². The van der Waals surface area contributed by atoms with Gasteiger partial charge < -0.3 is 14.6 Å². The molecule has 0 saturated heterocycles. The first-order valence-electron chi connectivity index (χ1n) is 6.01. The van der Waals surface area contributed by atoms with Crippen molar-refractivity contribution in [2.45, 2.75) is 0 Å². The van der Waals surface area contributed by atoms with E-state index in [1.165, 1.54) is 6.07 Å². The van der Waals surface area contributed by atoms with Crippen LogP contribution < -0.4 is 9.47 Å². The maximum Gasteiger partial charge on any atom is 0.339 e. The molecule has 2 aromatic rings. The van der Waals surface area contributed by atoms with Crippen LogP contribution in [0.2, 0.25) is 0 Å². The summed E-state index contributed by atoms with van der Waals surface area (Å²) in [5, 5.41) is 9.02. The maximum atomic E-state index is 11.0. The number of carbonyl (C=O) groups is 1. The molecule has 0 bridgehead atoms. The van der Waals surface area contributed by atoms with Gasteiger partial charge in [0.25, 0.3) is 0 Å². The Balaban J connectivity index is 1.88. The lowest BCUT2D eigenvalue weighted by molar-refractivity contribution is 0.0691. The standard InChI is InChI=1S/C15H13IO4/c16-12-6-2-4-8-14(12)20-10-9-19-13-7-3-1-5-11(13)15(17)18/h1-8H,9-10H2,(H,17,18). The summed E-state index contributed by atoms with van der Waals surface area (Å²) in [6.07, 6.45) is 0. The van der Waals surface area contributed by atoms with Crippen LogP contribution in [0.4, 0.5) is 0 Å². The zero-order chi connectivity index (χ0) is 14.4. The van der Waals surface area contributed by atoms with Gasteiger partial charge in [-0.15, -0.1) is 0 Å². The Kier molecular flexibility index (Phi) is 5.23. The van der Waals surface area contributed by atoms with E-state index in [-0.39, 0.29) is 12.2 Å². The van der Waals surface area contributed by atoms with Gasteiger partial charge in [0.15, 0.2) is 0 Å².